The van der Waals surface area contributed by atoms with Gasteiger partial charge in [0.15, 0.2) is 0 Å². The predicted molar refractivity (Wildman–Crippen MR) is 84.4 cm³/mol. The third-order valence-corrected chi connectivity index (χ3v) is 4.13. The molecule has 1 fully saturated rings. The van der Waals surface area contributed by atoms with Crippen LogP contribution >= 0.6 is 0 Å². The maximum absolute atomic E-state index is 12.2. The Morgan fingerprint density at radius 2 is 2.29 bits per heavy atom. The van der Waals surface area contributed by atoms with Gasteiger partial charge < -0.3 is 10.1 Å². The van der Waals surface area contributed by atoms with Gasteiger partial charge in [-0.2, -0.15) is 0 Å². The summed E-state index contributed by atoms with van der Waals surface area (Å²) in [5.74, 6) is -0.00221. The van der Waals surface area contributed by atoms with Gasteiger partial charge in [0, 0.05) is 31.8 Å². The van der Waals surface area contributed by atoms with Crippen molar-refractivity contribution >= 4 is 5.91 Å². The average molecular weight is 290 g/mol. The normalized spacial score (nSPS) is 19.4. The molecule has 4 nitrogen and oxygen atoms in total. The third-order valence-electron chi connectivity index (χ3n) is 4.13. The summed E-state index contributed by atoms with van der Waals surface area (Å²) in [4.78, 5) is 14.6. The van der Waals surface area contributed by atoms with Gasteiger partial charge in [-0.3, -0.25) is 9.69 Å². The standard InChI is InChI=1S/C17H26N2O2/c1-14-6-3-4-10-19(14)11-9-18-17(20)16-8-5-7-15(12-16)13-21-2/h5,7-8,12,14H,3-4,6,9-11,13H2,1-2H3,(H,18,20). The molecule has 0 radical (unpaired) electrons. The minimum Gasteiger partial charge on any atom is -0.380 e. The number of amides is 1. The van der Waals surface area contributed by atoms with Crippen LogP contribution in [0.1, 0.15) is 42.1 Å². The quantitative estimate of drug-likeness (QED) is 0.875. The van der Waals surface area contributed by atoms with E-state index in [0.717, 1.165) is 18.7 Å². The second kappa shape index (κ2) is 8.15. The molecule has 1 atom stereocenters. The summed E-state index contributed by atoms with van der Waals surface area (Å²) in [6.45, 7) is 5.60. The van der Waals surface area contributed by atoms with Crippen LogP contribution in [0.4, 0.5) is 0 Å². The first-order valence-corrected chi connectivity index (χ1v) is 7.81. The van der Waals surface area contributed by atoms with E-state index in [1.165, 1.54) is 19.3 Å². The predicted octanol–water partition coefficient (Wildman–Crippen LogP) is 2.44. The van der Waals surface area contributed by atoms with Gasteiger partial charge in [-0.1, -0.05) is 18.6 Å². The first-order valence-electron chi connectivity index (χ1n) is 7.81. The van der Waals surface area contributed by atoms with Crippen LogP contribution in [0.25, 0.3) is 0 Å². The highest BCUT2D eigenvalue weighted by Gasteiger charge is 2.17. The van der Waals surface area contributed by atoms with Crippen molar-refractivity contribution in [2.45, 2.75) is 38.8 Å². The molecule has 0 aliphatic carbocycles. The van der Waals surface area contributed by atoms with Crippen molar-refractivity contribution in [3.8, 4) is 0 Å². The number of nitrogens with zero attached hydrogens (tertiary/aromatic N) is 1. The molecular weight excluding hydrogens is 264 g/mol. The van der Waals surface area contributed by atoms with Crippen LogP contribution in [0.3, 0.4) is 0 Å². The van der Waals surface area contributed by atoms with Crippen LogP contribution in [0.2, 0.25) is 0 Å². The Morgan fingerprint density at radius 3 is 3.05 bits per heavy atom. The molecule has 1 N–H and O–H groups in total. The van der Waals surface area contributed by atoms with Crippen LogP contribution in [-0.4, -0.2) is 43.6 Å². The fourth-order valence-corrected chi connectivity index (χ4v) is 2.87. The number of nitrogens with one attached hydrogen (secondary N) is 1. The summed E-state index contributed by atoms with van der Waals surface area (Å²) in [7, 11) is 1.66. The van der Waals surface area contributed by atoms with Gasteiger partial charge >= 0.3 is 0 Å². The fourth-order valence-electron chi connectivity index (χ4n) is 2.87. The van der Waals surface area contributed by atoms with Crippen molar-refractivity contribution in [1.29, 1.82) is 0 Å². The van der Waals surface area contributed by atoms with Gasteiger partial charge in [0.2, 0.25) is 0 Å². The molecule has 0 aromatic heterocycles. The number of rotatable bonds is 6. The Labute approximate surface area is 127 Å². The molecule has 0 saturated carbocycles. The lowest BCUT2D eigenvalue weighted by Gasteiger charge is -2.33. The second-order valence-corrected chi connectivity index (χ2v) is 5.77. The molecule has 1 aromatic carbocycles. The molecule has 1 aliphatic rings. The Morgan fingerprint density at radius 1 is 1.43 bits per heavy atom. The summed E-state index contributed by atoms with van der Waals surface area (Å²) in [5.41, 5.74) is 1.73. The zero-order valence-electron chi connectivity index (χ0n) is 13.1. The van der Waals surface area contributed by atoms with E-state index in [9.17, 15) is 4.79 Å². The summed E-state index contributed by atoms with van der Waals surface area (Å²) in [6, 6.07) is 8.24. The molecule has 21 heavy (non-hydrogen) atoms. The van der Waals surface area contributed by atoms with E-state index in [1.807, 2.05) is 24.3 Å². The molecule has 4 heteroatoms. The molecule has 1 heterocycles. The number of hydrogen-bond donors (Lipinski definition) is 1. The van der Waals surface area contributed by atoms with E-state index in [1.54, 1.807) is 7.11 Å². The number of benzene rings is 1. The number of hydrogen-bond acceptors (Lipinski definition) is 3. The van der Waals surface area contributed by atoms with Gasteiger partial charge in [-0.15, -0.1) is 0 Å². The minimum atomic E-state index is -0.00221. The lowest BCUT2D eigenvalue weighted by Crippen LogP contribution is -2.42. The fraction of sp³-hybridized carbons (Fsp3) is 0.588. The van der Waals surface area contributed by atoms with Gasteiger partial charge in [0.1, 0.15) is 0 Å². The van der Waals surface area contributed by atoms with E-state index in [-0.39, 0.29) is 5.91 Å². The summed E-state index contributed by atoms with van der Waals surface area (Å²) in [5, 5.41) is 3.01. The summed E-state index contributed by atoms with van der Waals surface area (Å²) < 4.78 is 5.10. The summed E-state index contributed by atoms with van der Waals surface area (Å²) in [6.07, 6.45) is 3.88. The van der Waals surface area contributed by atoms with Crippen molar-refractivity contribution < 1.29 is 9.53 Å². The van der Waals surface area contributed by atoms with Crippen LogP contribution in [0.5, 0.6) is 0 Å². The molecule has 116 valence electrons. The van der Waals surface area contributed by atoms with Crippen LogP contribution in [-0.2, 0) is 11.3 Å². The molecule has 1 amide bonds. The number of carbonyl (C=O) groups is 1. The molecule has 0 bridgehead atoms. The van der Waals surface area contributed by atoms with E-state index in [4.69, 9.17) is 4.74 Å². The Kier molecular flexibility index (Phi) is 6.21. The highest BCUT2D eigenvalue weighted by Crippen LogP contribution is 2.15. The van der Waals surface area contributed by atoms with Crippen molar-refractivity contribution in [3.05, 3.63) is 35.4 Å². The van der Waals surface area contributed by atoms with Crippen LogP contribution < -0.4 is 5.32 Å². The molecule has 1 unspecified atom stereocenters. The minimum absolute atomic E-state index is 0.00221. The van der Waals surface area contributed by atoms with Crippen molar-refractivity contribution in [2.24, 2.45) is 0 Å². The van der Waals surface area contributed by atoms with Crippen molar-refractivity contribution in [3.63, 3.8) is 0 Å². The average Bonchev–Trinajstić information content (AvgIpc) is 2.50. The highest BCUT2D eigenvalue weighted by molar-refractivity contribution is 5.94. The summed E-state index contributed by atoms with van der Waals surface area (Å²) >= 11 is 0. The van der Waals surface area contributed by atoms with E-state index >= 15 is 0 Å². The lowest BCUT2D eigenvalue weighted by atomic mass is 10.0. The molecule has 0 spiro atoms. The maximum Gasteiger partial charge on any atom is 0.251 e. The van der Waals surface area contributed by atoms with Gasteiger partial charge in [-0.25, -0.2) is 0 Å². The van der Waals surface area contributed by atoms with Gasteiger partial charge in [-0.05, 0) is 44.0 Å². The van der Waals surface area contributed by atoms with Crippen LogP contribution in [0, 0.1) is 0 Å². The second-order valence-electron chi connectivity index (χ2n) is 5.77. The number of carbonyl (C=O) groups excluding carboxylic acids is 1. The van der Waals surface area contributed by atoms with E-state index in [2.05, 4.69) is 17.1 Å². The SMILES string of the molecule is COCc1cccc(C(=O)NCCN2CCCCC2C)c1. The maximum atomic E-state index is 12.2. The largest absolute Gasteiger partial charge is 0.380 e. The molecule has 1 aromatic rings. The molecule has 1 aliphatic heterocycles. The lowest BCUT2D eigenvalue weighted by molar-refractivity contribution is 0.0938. The zero-order chi connectivity index (χ0) is 15.1. The van der Waals surface area contributed by atoms with Crippen LogP contribution in [0.15, 0.2) is 24.3 Å². The van der Waals surface area contributed by atoms with E-state index in [0.29, 0.717) is 24.8 Å². The first kappa shape index (κ1) is 16.0. The Balaban J connectivity index is 1.80. The topological polar surface area (TPSA) is 41.6 Å². The highest BCUT2D eigenvalue weighted by atomic mass is 16.5. The molecule has 2 rings (SSSR count). The van der Waals surface area contributed by atoms with E-state index < -0.39 is 0 Å². The van der Waals surface area contributed by atoms with Gasteiger partial charge in [0.05, 0.1) is 6.61 Å². The Hall–Kier alpha value is -1.39. The smallest absolute Gasteiger partial charge is 0.251 e. The Bertz CT molecular complexity index is 462. The van der Waals surface area contributed by atoms with Crippen molar-refractivity contribution in [1.82, 2.24) is 10.2 Å². The monoisotopic (exact) mass is 290 g/mol. The number of piperidine rings is 1. The number of methoxy groups -OCH3 is 1. The molecular formula is C17H26N2O2. The number of likely N-dealkylation sites (tertiary alicyclic amines) is 1. The zero-order valence-corrected chi connectivity index (χ0v) is 13.1. The van der Waals surface area contributed by atoms with Gasteiger partial charge in [0.25, 0.3) is 5.91 Å². The molecule has 1 saturated heterocycles. The number of ether oxygens (including phenoxy) is 1. The first-order chi connectivity index (χ1) is 10.2. The van der Waals surface area contributed by atoms with Crippen molar-refractivity contribution in [2.75, 3.05) is 26.7 Å². The third kappa shape index (κ3) is 4.83.